The fraction of sp³-hybridized carbons (Fsp3) is 0.400. The van der Waals surface area contributed by atoms with Crippen molar-refractivity contribution in [3.05, 3.63) is 69.8 Å². The molecule has 1 aliphatic rings. The van der Waals surface area contributed by atoms with E-state index in [2.05, 4.69) is 58.9 Å². The average molecular weight is 363 g/mol. The number of allylic oxidation sites excluding steroid dienone is 1. The molecule has 0 unspecified atom stereocenters. The lowest BCUT2D eigenvalue weighted by molar-refractivity contribution is 0.0697. The number of carbonyl (C=O) groups is 1. The number of carboxylic acid groups (broad SMARTS) is 1. The third kappa shape index (κ3) is 3.71. The lowest BCUT2D eigenvalue weighted by Crippen LogP contribution is -2.33. The van der Waals surface area contributed by atoms with Gasteiger partial charge in [-0.3, -0.25) is 0 Å². The fourth-order valence-corrected chi connectivity index (χ4v) is 4.12. The average Bonchev–Trinajstić information content (AvgIpc) is 2.60. The van der Waals surface area contributed by atoms with E-state index in [-0.39, 0.29) is 10.8 Å². The van der Waals surface area contributed by atoms with Crippen LogP contribution in [0.25, 0.3) is 11.6 Å². The van der Waals surface area contributed by atoms with Crippen LogP contribution in [-0.4, -0.2) is 11.1 Å². The first kappa shape index (κ1) is 19.4. The molecule has 0 heterocycles. The number of carboxylic acids is 1. The van der Waals surface area contributed by atoms with Crippen molar-refractivity contribution in [1.82, 2.24) is 0 Å². The molecule has 3 rings (SSSR count). The minimum Gasteiger partial charge on any atom is -0.478 e. The number of hydrogen-bond donors (Lipinski definition) is 1. The van der Waals surface area contributed by atoms with Crippen molar-refractivity contribution in [2.24, 2.45) is 0 Å². The van der Waals surface area contributed by atoms with Gasteiger partial charge in [-0.15, -0.1) is 0 Å². The molecular formula is C25H30O2. The van der Waals surface area contributed by atoms with E-state index in [1.54, 1.807) is 12.1 Å². The molecule has 1 aliphatic carbocycles. The molecule has 0 radical (unpaired) electrons. The van der Waals surface area contributed by atoms with Gasteiger partial charge in [0.1, 0.15) is 0 Å². The zero-order valence-electron chi connectivity index (χ0n) is 17.3. The molecule has 0 aromatic heterocycles. The van der Waals surface area contributed by atoms with Gasteiger partial charge in [-0.1, -0.05) is 58.0 Å². The molecule has 0 spiro atoms. The van der Waals surface area contributed by atoms with Gasteiger partial charge in [-0.25, -0.2) is 4.79 Å². The van der Waals surface area contributed by atoms with Gasteiger partial charge in [0, 0.05) is 0 Å². The van der Waals surface area contributed by atoms with E-state index in [1.165, 1.54) is 35.1 Å². The van der Waals surface area contributed by atoms with Crippen LogP contribution in [0.5, 0.6) is 0 Å². The summed E-state index contributed by atoms with van der Waals surface area (Å²) in [6.07, 6.45) is 4.58. The van der Waals surface area contributed by atoms with Crippen LogP contribution in [0.1, 0.15) is 85.6 Å². The molecule has 1 N–H and O–H groups in total. The van der Waals surface area contributed by atoms with Crippen LogP contribution in [0.4, 0.5) is 0 Å². The Hall–Kier alpha value is -2.35. The van der Waals surface area contributed by atoms with E-state index in [0.717, 1.165) is 11.1 Å². The largest absolute Gasteiger partial charge is 0.478 e. The zero-order chi connectivity index (χ0) is 20.0. The molecule has 0 atom stereocenters. The van der Waals surface area contributed by atoms with Gasteiger partial charge in [0.2, 0.25) is 0 Å². The van der Waals surface area contributed by atoms with Crippen molar-refractivity contribution in [3.63, 3.8) is 0 Å². The smallest absolute Gasteiger partial charge is 0.335 e. The van der Waals surface area contributed by atoms with Crippen LogP contribution in [0, 0.1) is 6.92 Å². The van der Waals surface area contributed by atoms with Crippen molar-refractivity contribution in [2.75, 3.05) is 0 Å². The van der Waals surface area contributed by atoms with Crippen molar-refractivity contribution in [2.45, 2.75) is 65.2 Å². The standard InChI is InChI=1S/C25H30O2/c1-16(13-18-7-8-20(23(26)27)14-17(18)2)19-9-10-21-22(15-19)25(5,6)12-11-24(21,3)4/h7-10,13-15H,11-12H2,1-6H3,(H,26,27). The predicted octanol–water partition coefficient (Wildman–Crippen LogP) is 6.60. The molecule has 2 nitrogen and oxygen atoms in total. The maximum Gasteiger partial charge on any atom is 0.335 e. The Morgan fingerprint density at radius 1 is 0.926 bits per heavy atom. The van der Waals surface area contributed by atoms with E-state index in [9.17, 15) is 4.79 Å². The second kappa shape index (κ2) is 6.67. The lowest BCUT2D eigenvalue weighted by atomic mass is 9.63. The number of aryl methyl sites for hydroxylation is 1. The molecule has 2 heteroatoms. The number of hydrogen-bond acceptors (Lipinski definition) is 1. The molecule has 0 aliphatic heterocycles. The highest BCUT2D eigenvalue weighted by Gasteiger charge is 2.36. The van der Waals surface area contributed by atoms with Crippen LogP contribution in [0.15, 0.2) is 36.4 Å². The highest BCUT2D eigenvalue weighted by Crippen LogP contribution is 2.46. The number of rotatable bonds is 3. The SMILES string of the molecule is CC(=Cc1ccc(C(=O)O)cc1C)c1ccc2c(c1)C(C)(C)CCC2(C)C. The number of fused-ring (bicyclic) bond motifs is 1. The summed E-state index contributed by atoms with van der Waals surface area (Å²) in [4.78, 5) is 11.1. The Morgan fingerprint density at radius 2 is 1.52 bits per heavy atom. The number of aromatic carboxylic acids is 1. The first-order chi connectivity index (χ1) is 12.5. The maximum atomic E-state index is 11.1. The Kier molecular flexibility index (Phi) is 4.80. The van der Waals surface area contributed by atoms with Crippen molar-refractivity contribution >= 4 is 17.6 Å². The monoisotopic (exact) mass is 362 g/mol. The molecule has 142 valence electrons. The Bertz CT molecular complexity index is 929. The van der Waals surface area contributed by atoms with Crippen LogP contribution in [0.2, 0.25) is 0 Å². The van der Waals surface area contributed by atoms with Crippen LogP contribution in [0.3, 0.4) is 0 Å². The van der Waals surface area contributed by atoms with Gasteiger partial charge in [-0.2, -0.15) is 0 Å². The van der Waals surface area contributed by atoms with Gasteiger partial charge < -0.3 is 5.11 Å². The van der Waals surface area contributed by atoms with E-state index < -0.39 is 5.97 Å². The zero-order valence-corrected chi connectivity index (χ0v) is 17.3. The normalized spacial score (nSPS) is 18.1. The van der Waals surface area contributed by atoms with Crippen LogP contribution < -0.4 is 0 Å². The van der Waals surface area contributed by atoms with Gasteiger partial charge >= 0.3 is 5.97 Å². The van der Waals surface area contributed by atoms with Gasteiger partial charge in [0.15, 0.2) is 0 Å². The minimum atomic E-state index is -0.884. The van der Waals surface area contributed by atoms with Crippen molar-refractivity contribution in [1.29, 1.82) is 0 Å². The summed E-state index contributed by atoms with van der Waals surface area (Å²) in [6.45, 7) is 13.5. The number of benzene rings is 2. The van der Waals surface area contributed by atoms with Crippen LogP contribution >= 0.6 is 0 Å². The maximum absolute atomic E-state index is 11.1. The van der Waals surface area contributed by atoms with Gasteiger partial charge in [-0.05, 0) is 83.0 Å². The van der Waals surface area contributed by atoms with Gasteiger partial charge in [0.05, 0.1) is 5.56 Å². The molecule has 0 saturated heterocycles. The molecule has 0 amide bonds. The van der Waals surface area contributed by atoms with Crippen LogP contribution in [-0.2, 0) is 10.8 Å². The molecule has 2 aromatic carbocycles. The molecule has 0 bridgehead atoms. The Labute approximate surface area is 162 Å². The highest BCUT2D eigenvalue weighted by atomic mass is 16.4. The summed E-state index contributed by atoms with van der Waals surface area (Å²) in [7, 11) is 0. The molecule has 0 fully saturated rings. The lowest BCUT2D eigenvalue weighted by Gasteiger charge is -2.42. The second-order valence-corrected chi connectivity index (χ2v) is 9.23. The topological polar surface area (TPSA) is 37.3 Å². The predicted molar refractivity (Wildman–Crippen MR) is 113 cm³/mol. The molecule has 27 heavy (non-hydrogen) atoms. The minimum absolute atomic E-state index is 0.195. The summed E-state index contributed by atoms with van der Waals surface area (Å²) < 4.78 is 0. The second-order valence-electron chi connectivity index (χ2n) is 9.23. The highest BCUT2D eigenvalue weighted by molar-refractivity contribution is 5.89. The summed E-state index contributed by atoms with van der Waals surface area (Å²) in [6, 6.07) is 12.2. The summed E-state index contributed by atoms with van der Waals surface area (Å²) >= 11 is 0. The summed E-state index contributed by atoms with van der Waals surface area (Å²) in [5.41, 5.74) is 8.16. The Balaban J connectivity index is 2.02. The van der Waals surface area contributed by atoms with E-state index in [1.807, 2.05) is 13.0 Å². The quantitative estimate of drug-likeness (QED) is 0.624. The van der Waals surface area contributed by atoms with E-state index in [4.69, 9.17) is 5.11 Å². The van der Waals surface area contributed by atoms with Crippen molar-refractivity contribution < 1.29 is 9.90 Å². The summed E-state index contributed by atoms with van der Waals surface area (Å²) in [5, 5.41) is 9.15. The third-order valence-electron chi connectivity index (χ3n) is 6.20. The fourth-order valence-electron chi connectivity index (χ4n) is 4.12. The van der Waals surface area contributed by atoms with Gasteiger partial charge in [0.25, 0.3) is 0 Å². The first-order valence-electron chi connectivity index (χ1n) is 9.69. The third-order valence-corrected chi connectivity index (χ3v) is 6.20. The molecule has 0 saturated carbocycles. The summed E-state index contributed by atoms with van der Waals surface area (Å²) in [5.74, 6) is -0.884. The molecular weight excluding hydrogens is 332 g/mol. The first-order valence-corrected chi connectivity index (χ1v) is 9.69. The van der Waals surface area contributed by atoms with Crippen molar-refractivity contribution in [3.8, 4) is 0 Å². The van der Waals surface area contributed by atoms with E-state index >= 15 is 0 Å². The molecule has 2 aromatic rings. The van der Waals surface area contributed by atoms with E-state index in [0.29, 0.717) is 5.56 Å². The Morgan fingerprint density at radius 3 is 2.11 bits per heavy atom.